The molecule has 0 bridgehead atoms. The van der Waals surface area contributed by atoms with Gasteiger partial charge in [0, 0.05) is 18.3 Å². The zero-order valence-corrected chi connectivity index (χ0v) is 11.9. The Morgan fingerprint density at radius 1 is 1.19 bits per heavy atom. The van der Waals surface area contributed by atoms with Crippen LogP contribution >= 0.6 is 0 Å². The molecule has 0 saturated heterocycles. The van der Waals surface area contributed by atoms with Gasteiger partial charge in [-0.05, 0) is 42.8 Å². The lowest BCUT2D eigenvalue weighted by Crippen LogP contribution is -2.14. The highest BCUT2D eigenvalue weighted by Crippen LogP contribution is 2.17. The standard InChI is InChI=1S/C16H16N4O/c1-10-9-11(17-2)7-8-12(10)15(21)20-16-18-13-5-3-4-6-14(13)19-16/h3-9,17H,1-2H3,(H2,18,19,20,21). The van der Waals surface area contributed by atoms with Crippen LogP contribution < -0.4 is 10.6 Å². The highest BCUT2D eigenvalue weighted by atomic mass is 16.1. The van der Waals surface area contributed by atoms with Gasteiger partial charge in [0.2, 0.25) is 5.95 Å². The number of hydrogen-bond acceptors (Lipinski definition) is 3. The second-order valence-corrected chi connectivity index (χ2v) is 4.84. The van der Waals surface area contributed by atoms with Gasteiger partial charge in [0.1, 0.15) is 0 Å². The summed E-state index contributed by atoms with van der Waals surface area (Å²) in [7, 11) is 1.85. The van der Waals surface area contributed by atoms with Crippen molar-refractivity contribution in [1.82, 2.24) is 9.97 Å². The number of para-hydroxylation sites is 2. The number of imidazole rings is 1. The maximum Gasteiger partial charge on any atom is 0.258 e. The molecule has 5 heteroatoms. The van der Waals surface area contributed by atoms with Gasteiger partial charge in [0.15, 0.2) is 0 Å². The summed E-state index contributed by atoms with van der Waals surface area (Å²) in [6.07, 6.45) is 0. The van der Waals surface area contributed by atoms with E-state index in [-0.39, 0.29) is 5.91 Å². The fraction of sp³-hybridized carbons (Fsp3) is 0.125. The lowest BCUT2D eigenvalue weighted by atomic mass is 10.1. The molecule has 106 valence electrons. The Labute approximate surface area is 122 Å². The van der Waals surface area contributed by atoms with Crippen molar-refractivity contribution in [1.29, 1.82) is 0 Å². The molecule has 0 radical (unpaired) electrons. The van der Waals surface area contributed by atoms with E-state index in [2.05, 4.69) is 20.6 Å². The first-order valence-electron chi connectivity index (χ1n) is 6.72. The number of amides is 1. The molecule has 0 aliphatic heterocycles. The number of fused-ring (bicyclic) bond motifs is 1. The third kappa shape index (κ3) is 2.58. The van der Waals surface area contributed by atoms with Crippen molar-refractivity contribution in [3.63, 3.8) is 0 Å². The Balaban J connectivity index is 1.85. The maximum atomic E-state index is 12.3. The lowest BCUT2D eigenvalue weighted by molar-refractivity contribution is 0.102. The normalized spacial score (nSPS) is 10.6. The number of aromatic nitrogens is 2. The summed E-state index contributed by atoms with van der Waals surface area (Å²) >= 11 is 0. The average Bonchev–Trinajstić information content (AvgIpc) is 2.88. The van der Waals surface area contributed by atoms with Gasteiger partial charge in [0.25, 0.3) is 5.91 Å². The molecule has 0 aliphatic carbocycles. The van der Waals surface area contributed by atoms with E-state index < -0.39 is 0 Å². The van der Waals surface area contributed by atoms with E-state index in [1.807, 2.05) is 50.4 Å². The number of rotatable bonds is 3. The van der Waals surface area contributed by atoms with E-state index in [1.54, 1.807) is 6.07 Å². The molecule has 0 saturated carbocycles. The maximum absolute atomic E-state index is 12.3. The fourth-order valence-electron chi connectivity index (χ4n) is 2.26. The van der Waals surface area contributed by atoms with Crippen molar-refractivity contribution >= 4 is 28.6 Å². The first kappa shape index (κ1) is 13.2. The van der Waals surface area contributed by atoms with Crippen LogP contribution in [0.4, 0.5) is 11.6 Å². The van der Waals surface area contributed by atoms with Gasteiger partial charge in [0.05, 0.1) is 11.0 Å². The summed E-state index contributed by atoms with van der Waals surface area (Å²) in [5.74, 6) is 0.285. The zero-order chi connectivity index (χ0) is 14.8. The molecule has 0 aliphatic rings. The Morgan fingerprint density at radius 3 is 2.71 bits per heavy atom. The van der Waals surface area contributed by atoms with E-state index in [4.69, 9.17) is 0 Å². The molecule has 3 aromatic rings. The van der Waals surface area contributed by atoms with Crippen molar-refractivity contribution in [2.24, 2.45) is 0 Å². The summed E-state index contributed by atoms with van der Waals surface area (Å²) in [6, 6.07) is 13.3. The number of nitrogens with zero attached hydrogens (tertiary/aromatic N) is 1. The largest absolute Gasteiger partial charge is 0.388 e. The molecule has 0 unspecified atom stereocenters. The first-order chi connectivity index (χ1) is 10.2. The second-order valence-electron chi connectivity index (χ2n) is 4.84. The van der Waals surface area contributed by atoms with Crippen molar-refractivity contribution < 1.29 is 4.79 Å². The van der Waals surface area contributed by atoms with Crippen LogP contribution in [0.25, 0.3) is 11.0 Å². The summed E-state index contributed by atoms with van der Waals surface area (Å²) in [6.45, 7) is 1.91. The summed E-state index contributed by atoms with van der Waals surface area (Å²) < 4.78 is 0. The van der Waals surface area contributed by atoms with Crippen LogP contribution in [0.2, 0.25) is 0 Å². The van der Waals surface area contributed by atoms with Crippen LogP contribution in [0.15, 0.2) is 42.5 Å². The Kier molecular flexibility index (Phi) is 3.31. The third-order valence-corrected chi connectivity index (χ3v) is 3.38. The highest BCUT2D eigenvalue weighted by Gasteiger charge is 2.11. The van der Waals surface area contributed by atoms with Crippen molar-refractivity contribution in [3.8, 4) is 0 Å². The number of aromatic amines is 1. The van der Waals surface area contributed by atoms with Crippen LogP contribution in [0.5, 0.6) is 0 Å². The molecule has 2 aromatic carbocycles. The highest BCUT2D eigenvalue weighted by molar-refractivity contribution is 6.05. The number of anilines is 2. The minimum absolute atomic E-state index is 0.172. The third-order valence-electron chi connectivity index (χ3n) is 3.38. The smallest absolute Gasteiger partial charge is 0.258 e. The van der Waals surface area contributed by atoms with E-state index in [1.165, 1.54) is 0 Å². The first-order valence-corrected chi connectivity index (χ1v) is 6.72. The molecule has 21 heavy (non-hydrogen) atoms. The molecule has 5 nitrogen and oxygen atoms in total. The molecule has 0 spiro atoms. The monoisotopic (exact) mass is 280 g/mol. The molecule has 3 N–H and O–H groups in total. The van der Waals surface area contributed by atoms with E-state index >= 15 is 0 Å². The van der Waals surface area contributed by atoms with E-state index in [0.29, 0.717) is 11.5 Å². The SMILES string of the molecule is CNc1ccc(C(=O)Nc2nc3ccccc3[nH]2)c(C)c1. The zero-order valence-electron chi connectivity index (χ0n) is 11.9. The number of carbonyl (C=O) groups is 1. The molecular formula is C16H16N4O. The van der Waals surface area contributed by atoms with Crippen molar-refractivity contribution in [2.75, 3.05) is 17.7 Å². The average molecular weight is 280 g/mol. The topological polar surface area (TPSA) is 69.8 Å². The summed E-state index contributed by atoms with van der Waals surface area (Å²) in [4.78, 5) is 19.7. The number of hydrogen-bond donors (Lipinski definition) is 3. The van der Waals surface area contributed by atoms with Gasteiger partial charge in [-0.15, -0.1) is 0 Å². The van der Waals surface area contributed by atoms with Gasteiger partial charge in [-0.3, -0.25) is 10.1 Å². The van der Waals surface area contributed by atoms with Crippen LogP contribution in [-0.2, 0) is 0 Å². The number of benzene rings is 2. The van der Waals surface area contributed by atoms with Crippen LogP contribution in [-0.4, -0.2) is 22.9 Å². The van der Waals surface area contributed by atoms with Gasteiger partial charge in [-0.25, -0.2) is 4.98 Å². The minimum Gasteiger partial charge on any atom is -0.388 e. The number of carbonyl (C=O) groups excluding carboxylic acids is 1. The van der Waals surface area contributed by atoms with Gasteiger partial charge in [-0.2, -0.15) is 0 Å². The lowest BCUT2D eigenvalue weighted by Gasteiger charge is -2.07. The minimum atomic E-state index is -0.172. The number of nitrogens with one attached hydrogen (secondary N) is 3. The summed E-state index contributed by atoms with van der Waals surface area (Å²) in [5, 5.41) is 5.85. The van der Waals surface area contributed by atoms with Gasteiger partial charge in [-0.1, -0.05) is 12.1 Å². The van der Waals surface area contributed by atoms with E-state index in [0.717, 1.165) is 22.3 Å². The Bertz CT molecular complexity index is 774. The Morgan fingerprint density at radius 2 is 2.00 bits per heavy atom. The van der Waals surface area contributed by atoms with Crippen LogP contribution in [0.1, 0.15) is 15.9 Å². The van der Waals surface area contributed by atoms with Crippen molar-refractivity contribution in [3.05, 3.63) is 53.6 Å². The predicted octanol–water partition coefficient (Wildman–Crippen LogP) is 3.17. The molecule has 1 amide bonds. The van der Waals surface area contributed by atoms with Gasteiger partial charge >= 0.3 is 0 Å². The molecule has 0 fully saturated rings. The predicted molar refractivity (Wildman–Crippen MR) is 84.8 cm³/mol. The molecule has 1 heterocycles. The van der Waals surface area contributed by atoms with Gasteiger partial charge < -0.3 is 10.3 Å². The second kappa shape index (κ2) is 5.28. The van der Waals surface area contributed by atoms with Crippen molar-refractivity contribution in [2.45, 2.75) is 6.92 Å². The number of H-pyrrole nitrogens is 1. The molecular weight excluding hydrogens is 264 g/mol. The fourth-order valence-corrected chi connectivity index (χ4v) is 2.26. The quantitative estimate of drug-likeness (QED) is 0.690. The number of aryl methyl sites for hydroxylation is 1. The van der Waals surface area contributed by atoms with Crippen LogP contribution in [0.3, 0.4) is 0 Å². The van der Waals surface area contributed by atoms with E-state index in [9.17, 15) is 4.79 Å². The molecule has 1 aromatic heterocycles. The summed E-state index contributed by atoms with van der Waals surface area (Å²) in [5.41, 5.74) is 4.25. The Hall–Kier alpha value is -2.82. The molecule has 3 rings (SSSR count). The van der Waals surface area contributed by atoms with Crippen LogP contribution in [0, 0.1) is 6.92 Å². The molecule has 0 atom stereocenters.